The molecule has 4 nitrogen and oxygen atoms in total. The number of halogens is 2. The first-order valence-corrected chi connectivity index (χ1v) is 7.01. The van der Waals surface area contributed by atoms with Crippen LogP contribution in [0, 0.1) is 10.1 Å². The molecule has 0 spiro atoms. The van der Waals surface area contributed by atoms with Gasteiger partial charge in [0.05, 0.1) is 0 Å². The van der Waals surface area contributed by atoms with Crippen molar-refractivity contribution in [3.63, 3.8) is 0 Å². The minimum Gasteiger partial charge on any atom is -0.367 e. The molecule has 19 heavy (non-hydrogen) atoms. The van der Waals surface area contributed by atoms with Gasteiger partial charge in [0, 0.05) is 8.95 Å². The number of hydrogen-bond donors (Lipinski definition) is 0. The molecule has 0 aliphatic carbocycles. The zero-order chi connectivity index (χ0) is 13.8. The Balaban J connectivity index is 2.37. The van der Waals surface area contributed by atoms with Gasteiger partial charge in [0.15, 0.2) is 0 Å². The molecule has 6 heteroatoms. The van der Waals surface area contributed by atoms with Crippen molar-refractivity contribution in [2.75, 3.05) is 0 Å². The molecule has 2 aromatic carbocycles. The van der Waals surface area contributed by atoms with Gasteiger partial charge in [0.25, 0.3) is 0 Å². The predicted molar refractivity (Wildman–Crippen MR) is 80.5 cm³/mol. The summed E-state index contributed by atoms with van der Waals surface area (Å²) in [5.41, 5.74) is 5.13. The molecule has 0 aliphatic heterocycles. The van der Waals surface area contributed by atoms with Crippen LogP contribution >= 0.6 is 31.9 Å². The summed E-state index contributed by atoms with van der Waals surface area (Å²) in [6.07, 6.45) is 0. The van der Waals surface area contributed by atoms with Gasteiger partial charge < -0.3 is 5.43 Å². The summed E-state index contributed by atoms with van der Waals surface area (Å²) in [7, 11) is 0. The number of benzene rings is 2. The van der Waals surface area contributed by atoms with E-state index in [2.05, 4.69) is 37.3 Å². The van der Waals surface area contributed by atoms with Crippen molar-refractivity contribution in [2.24, 2.45) is 0 Å². The van der Waals surface area contributed by atoms with Crippen LogP contribution in [0.1, 0.15) is 17.2 Å². The highest BCUT2D eigenvalue weighted by Gasteiger charge is 2.09. The molecular formula is C13H9Br2N2O2-. The van der Waals surface area contributed by atoms with Crippen molar-refractivity contribution in [1.82, 2.24) is 0 Å². The molecule has 2 aromatic rings. The molecule has 0 atom stereocenters. The Kier molecular flexibility index (Phi) is 4.55. The van der Waals surface area contributed by atoms with Gasteiger partial charge in [-0.25, -0.2) is 0 Å². The van der Waals surface area contributed by atoms with Crippen LogP contribution < -0.4 is 0 Å². The summed E-state index contributed by atoms with van der Waals surface area (Å²) in [6, 6.07) is 14.1. The molecular weight excluding hydrogens is 376 g/mol. The van der Waals surface area contributed by atoms with Crippen molar-refractivity contribution in [1.29, 1.82) is 0 Å². The Morgan fingerprint density at radius 2 is 1.26 bits per heavy atom. The van der Waals surface area contributed by atoms with Gasteiger partial charge >= 0.3 is 0 Å². The van der Waals surface area contributed by atoms with E-state index >= 15 is 0 Å². The molecule has 0 N–H and O–H groups in total. The minimum atomic E-state index is -0.644. The third kappa shape index (κ3) is 3.78. The standard InChI is InChI=1S/C13H9Br2N2O2/c14-11-5-1-9(2-6-11)13(16-17(18)19)10-3-7-12(15)8-4-10/h1-8,13H/q-1. The summed E-state index contributed by atoms with van der Waals surface area (Å²) in [5.74, 6) is 0. The second kappa shape index (κ2) is 6.16. The Morgan fingerprint density at radius 1 is 0.895 bits per heavy atom. The third-order valence-electron chi connectivity index (χ3n) is 2.58. The second-order valence-corrected chi connectivity index (χ2v) is 5.69. The van der Waals surface area contributed by atoms with E-state index in [0.29, 0.717) is 0 Å². The van der Waals surface area contributed by atoms with Gasteiger partial charge in [-0.1, -0.05) is 67.3 Å². The van der Waals surface area contributed by atoms with E-state index in [0.717, 1.165) is 20.1 Å². The molecule has 0 unspecified atom stereocenters. The lowest BCUT2D eigenvalue weighted by Gasteiger charge is -2.25. The maximum absolute atomic E-state index is 10.7. The zero-order valence-electron chi connectivity index (χ0n) is 9.66. The number of nitrogens with zero attached hydrogens (tertiary/aromatic N) is 2. The van der Waals surface area contributed by atoms with Crippen molar-refractivity contribution in [3.8, 4) is 0 Å². The molecule has 0 heterocycles. The first kappa shape index (κ1) is 14.0. The average Bonchev–Trinajstić information content (AvgIpc) is 2.38. The van der Waals surface area contributed by atoms with E-state index < -0.39 is 11.1 Å². The van der Waals surface area contributed by atoms with Gasteiger partial charge in [0.1, 0.15) is 0 Å². The van der Waals surface area contributed by atoms with E-state index in [-0.39, 0.29) is 0 Å². The van der Waals surface area contributed by atoms with Crippen LogP contribution in [0.25, 0.3) is 5.43 Å². The monoisotopic (exact) mass is 383 g/mol. The van der Waals surface area contributed by atoms with Crippen LogP contribution in [0.2, 0.25) is 0 Å². The summed E-state index contributed by atoms with van der Waals surface area (Å²) >= 11 is 6.68. The maximum Gasteiger partial charge on any atom is 0.0175 e. The lowest BCUT2D eigenvalue weighted by Crippen LogP contribution is -2.04. The van der Waals surface area contributed by atoms with Gasteiger partial charge in [0.2, 0.25) is 0 Å². The maximum atomic E-state index is 10.7. The second-order valence-electron chi connectivity index (χ2n) is 3.86. The van der Waals surface area contributed by atoms with E-state index in [9.17, 15) is 10.1 Å². The quantitative estimate of drug-likeness (QED) is 0.557. The van der Waals surface area contributed by atoms with E-state index in [4.69, 9.17) is 0 Å². The van der Waals surface area contributed by atoms with Crippen molar-refractivity contribution < 1.29 is 5.03 Å². The summed E-state index contributed by atoms with van der Waals surface area (Å²) in [6.45, 7) is 0. The average molecular weight is 385 g/mol. The van der Waals surface area contributed by atoms with Crippen LogP contribution in [0.15, 0.2) is 57.5 Å². The van der Waals surface area contributed by atoms with Crippen LogP contribution in [0.5, 0.6) is 0 Å². The highest BCUT2D eigenvalue weighted by molar-refractivity contribution is 9.10. The molecule has 0 saturated carbocycles. The van der Waals surface area contributed by atoms with Crippen molar-refractivity contribution >= 4 is 31.9 Å². The fourth-order valence-electron chi connectivity index (χ4n) is 1.71. The summed E-state index contributed by atoms with van der Waals surface area (Å²) < 4.78 is 1.85. The number of rotatable bonds is 4. The Bertz CT molecular complexity index is 525. The molecule has 0 saturated heterocycles. The summed E-state index contributed by atoms with van der Waals surface area (Å²) in [4.78, 5) is 10.7. The first-order valence-electron chi connectivity index (χ1n) is 5.42. The van der Waals surface area contributed by atoms with Gasteiger partial charge in [-0.2, -0.15) is 0 Å². The van der Waals surface area contributed by atoms with Gasteiger partial charge in [-0.3, -0.25) is 10.1 Å². The zero-order valence-corrected chi connectivity index (χ0v) is 12.8. The highest BCUT2D eigenvalue weighted by Crippen LogP contribution is 2.31. The SMILES string of the molecule is O=[N+]([O-])[N-]C(c1ccc(Br)cc1)c1ccc(Br)cc1. The number of hydrogen-bond acceptors (Lipinski definition) is 2. The number of nitro groups is 1. The van der Waals surface area contributed by atoms with Gasteiger partial charge in [-0.05, 0) is 35.3 Å². The van der Waals surface area contributed by atoms with E-state index in [1.54, 1.807) is 0 Å². The lowest BCUT2D eigenvalue weighted by molar-refractivity contribution is -0.430. The van der Waals surface area contributed by atoms with Gasteiger partial charge in [-0.15, -0.1) is 0 Å². The highest BCUT2D eigenvalue weighted by atomic mass is 79.9. The van der Waals surface area contributed by atoms with E-state index in [1.165, 1.54) is 0 Å². The molecule has 0 bridgehead atoms. The Morgan fingerprint density at radius 3 is 1.58 bits per heavy atom. The van der Waals surface area contributed by atoms with Crippen LogP contribution in [0.4, 0.5) is 0 Å². The van der Waals surface area contributed by atoms with Crippen LogP contribution in [-0.2, 0) is 0 Å². The molecule has 2 rings (SSSR count). The third-order valence-corrected chi connectivity index (χ3v) is 3.64. The first-order chi connectivity index (χ1) is 9.06. The predicted octanol–water partition coefficient (Wildman–Crippen LogP) is 4.87. The van der Waals surface area contributed by atoms with Crippen LogP contribution in [-0.4, -0.2) is 5.03 Å². The van der Waals surface area contributed by atoms with Crippen LogP contribution in [0.3, 0.4) is 0 Å². The largest absolute Gasteiger partial charge is 0.367 e. The molecule has 0 aliphatic rings. The molecule has 98 valence electrons. The topological polar surface area (TPSA) is 57.2 Å². The molecule has 0 fully saturated rings. The lowest BCUT2D eigenvalue weighted by atomic mass is 9.99. The summed E-state index contributed by atoms with van der Waals surface area (Å²) in [5, 5.41) is 10.1. The Hall–Kier alpha value is -1.40. The normalized spacial score (nSPS) is 10.5. The Labute approximate surface area is 127 Å². The van der Waals surface area contributed by atoms with Crippen molar-refractivity contribution in [3.05, 3.63) is 84.1 Å². The smallest absolute Gasteiger partial charge is 0.0175 e. The fraction of sp³-hybridized carbons (Fsp3) is 0.0769. The fourth-order valence-corrected chi connectivity index (χ4v) is 2.24. The van der Waals surface area contributed by atoms with Crippen molar-refractivity contribution in [2.45, 2.75) is 6.04 Å². The molecule has 0 amide bonds. The minimum absolute atomic E-state index is 0.601. The molecule has 0 aromatic heterocycles. The van der Waals surface area contributed by atoms with E-state index in [1.807, 2.05) is 48.5 Å². The molecule has 0 radical (unpaired) electrons.